The minimum atomic E-state index is -0.367. The van der Waals surface area contributed by atoms with E-state index in [0.29, 0.717) is 0 Å². The molecule has 3 nitrogen and oxygen atoms in total. The quantitative estimate of drug-likeness (QED) is 0.678. The molecule has 0 N–H and O–H groups in total. The molecule has 0 bridgehead atoms. The van der Waals surface area contributed by atoms with Gasteiger partial charge in [-0.15, -0.1) is 0 Å². The smallest absolute Gasteiger partial charge is 0.163 e. The SMILES string of the molecule is CCN(CC)CC[C@H]1COC(C)(C)O1. The number of ether oxygens (including phenoxy) is 2. The van der Waals surface area contributed by atoms with E-state index in [1.54, 1.807) is 0 Å². The molecule has 0 spiro atoms. The summed E-state index contributed by atoms with van der Waals surface area (Å²) >= 11 is 0. The van der Waals surface area contributed by atoms with E-state index in [9.17, 15) is 0 Å². The van der Waals surface area contributed by atoms with E-state index in [-0.39, 0.29) is 11.9 Å². The van der Waals surface area contributed by atoms with E-state index in [4.69, 9.17) is 9.47 Å². The van der Waals surface area contributed by atoms with E-state index in [1.165, 1.54) is 0 Å². The lowest BCUT2D eigenvalue weighted by Gasteiger charge is -2.21. The molecule has 0 aromatic rings. The Labute approximate surface area is 87.4 Å². The third-order valence-electron chi connectivity index (χ3n) is 2.73. The molecule has 0 radical (unpaired) electrons. The summed E-state index contributed by atoms with van der Waals surface area (Å²) in [6, 6.07) is 0. The van der Waals surface area contributed by atoms with E-state index >= 15 is 0 Å². The van der Waals surface area contributed by atoms with Gasteiger partial charge in [-0.2, -0.15) is 0 Å². The van der Waals surface area contributed by atoms with Crippen LogP contribution in [0.2, 0.25) is 0 Å². The largest absolute Gasteiger partial charge is 0.348 e. The normalized spacial score (nSPS) is 25.9. The maximum atomic E-state index is 5.74. The minimum absolute atomic E-state index is 0.283. The third kappa shape index (κ3) is 3.56. The first kappa shape index (κ1) is 12.0. The van der Waals surface area contributed by atoms with Crippen LogP contribution in [0, 0.1) is 0 Å². The van der Waals surface area contributed by atoms with E-state index in [1.807, 2.05) is 13.8 Å². The molecule has 0 aromatic heterocycles. The molecule has 0 aromatic carbocycles. The van der Waals surface area contributed by atoms with Crippen LogP contribution in [0.25, 0.3) is 0 Å². The third-order valence-corrected chi connectivity index (χ3v) is 2.73. The zero-order chi connectivity index (χ0) is 10.6. The van der Waals surface area contributed by atoms with Gasteiger partial charge in [0, 0.05) is 6.54 Å². The van der Waals surface area contributed by atoms with Crippen molar-refractivity contribution in [1.82, 2.24) is 4.90 Å². The van der Waals surface area contributed by atoms with Crippen molar-refractivity contribution < 1.29 is 9.47 Å². The Morgan fingerprint density at radius 2 is 1.93 bits per heavy atom. The van der Waals surface area contributed by atoms with Crippen LogP contribution in [0.1, 0.15) is 34.1 Å². The van der Waals surface area contributed by atoms with Crippen LogP contribution in [0.15, 0.2) is 0 Å². The van der Waals surface area contributed by atoms with Gasteiger partial charge >= 0.3 is 0 Å². The van der Waals surface area contributed by atoms with Crippen molar-refractivity contribution in [2.75, 3.05) is 26.2 Å². The molecule has 3 heteroatoms. The van der Waals surface area contributed by atoms with Gasteiger partial charge in [-0.25, -0.2) is 0 Å². The Bertz CT molecular complexity index is 167. The van der Waals surface area contributed by atoms with Gasteiger partial charge in [0.15, 0.2) is 5.79 Å². The van der Waals surface area contributed by atoms with Gasteiger partial charge in [-0.05, 0) is 33.4 Å². The summed E-state index contributed by atoms with van der Waals surface area (Å²) in [7, 11) is 0. The fourth-order valence-electron chi connectivity index (χ4n) is 1.77. The molecule has 1 fully saturated rings. The van der Waals surface area contributed by atoms with Crippen LogP contribution in [0.5, 0.6) is 0 Å². The zero-order valence-corrected chi connectivity index (χ0v) is 9.88. The highest BCUT2D eigenvalue weighted by atomic mass is 16.7. The lowest BCUT2D eigenvalue weighted by molar-refractivity contribution is -0.139. The van der Waals surface area contributed by atoms with Crippen LogP contribution in [-0.2, 0) is 9.47 Å². The summed E-state index contributed by atoms with van der Waals surface area (Å²) in [6.45, 7) is 12.4. The van der Waals surface area contributed by atoms with Crippen molar-refractivity contribution in [1.29, 1.82) is 0 Å². The fourth-order valence-corrected chi connectivity index (χ4v) is 1.77. The van der Waals surface area contributed by atoms with Crippen molar-refractivity contribution in [2.45, 2.75) is 46.0 Å². The maximum absolute atomic E-state index is 5.74. The minimum Gasteiger partial charge on any atom is -0.348 e. The van der Waals surface area contributed by atoms with Crippen molar-refractivity contribution in [2.24, 2.45) is 0 Å². The topological polar surface area (TPSA) is 21.7 Å². The highest BCUT2D eigenvalue weighted by Gasteiger charge is 2.32. The van der Waals surface area contributed by atoms with Gasteiger partial charge in [0.25, 0.3) is 0 Å². The predicted molar refractivity (Wildman–Crippen MR) is 57.3 cm³/mol. The first-order valence-electron chi connectivity index (χ1n) is 5.61. The van der Waals surface area contributed by atoms with Crippen LogP contribution in [-0.4, -0.2) is 43.0 Å². The van der Waals surface area contributed by atoms with Crippen LogP contribution in [0.4, 0.5) is 0 Å². The number of nitrogens with zero attached hydrogens (tertiary/aromatic N) is 1. The first-order chi connectivity index (χ1) is 6.57. The molecular formula is C11H23NO2. The van der Waals surface area contributed by atoms with Crippen LogP contribution in [0.3, 0.4) is 0 Å². The van der Waals surface area contributed by atoms with Gasteiger partial charge in [0.05, 0.1) is 12.7 Å². The molecule has 1 heterocycles. The Balaban J connectivity index is 2.20. The van der Waals surface area contributed by atoms with Crippen LogP contribution < -0.4 is 0 Å². The maximum Gasteiger partial charge on any atom is 0.163 e. The molecule has 0 unspecified atom stereocenters. The second kappa shape index (κ2) is 5.10. The van der Waals surface area contributed by atoms with E-state index < -0.39 is 0 Å². The molecule has 1 saturated heterocycles. The summed E-state index contributed by atoms with van der Waals surface area (Å²) in [5, 5.41) is 0. The number of hydrogen-bond acceptors (Lipinski definition) is 3. The molecule has 1 rings (SSSR count). The Kier molecular flexibility index (Phi) is 4.35. The Hall–Kier alpha value is -0.120. The second-order valence-corrected chi connectivity index (χ2v) is 4.27. The molecule has 84 valence electrons. The van der Waals surface area contributed by atoms with Gasteiger partial charge in [0.1, 0.15) is 0 Å². The average Bonchev–Trinajstić information content (AvgIpc) is 2.47. The first-order valence-corrected chi connectivity index (χ1v) is 5.61. The van der Waals surface area contributed by atoms with Gasteiger partial charge in [-0.1, -0.05) is 13.8 Å². The van der Waals surface area contributed by atoms with Crippen molar-refractivity contribution in [3.63, 3.8) is 0 Å². The zero-order valence-electron chi connectivity index (χ0n) is 9.88. The summed E-state index contributed by atoms with van der Waals surface area (Å²) in [5.74, 6) is -0.367. The van der Waals surface area contributed by atoms with Crippen molar-refractivity contribution >= 4 is 0 Å². The lowest BCUT2D eigenvalue weighted by Crippen LogP contribution is -2.28. The summed E-state index contributed by atoms with van der Waals surface area (Å²) in [6.07, 6.45) is 1.36. The fraction of sp³-hybridized carbons (Fsp3) is 1.00. The van der Waals surface area contributed by atoms with Gasteiger partial charge < -0.3 is 14.4 Å². The molecular weight excluding hydrogens is 178 g/mol. The standard InChI is InChI=1S/C11H23NO2/c1-5-12(6-2)8-7-10-9-13-11(3,4)14-10/h10H,5-9H2,1-4H3/t10-/m0/s1. The Morgan fingerprint density at radius 1 is 1.29 bits per heavy atom. The predicted octanol–water partition coefficient (Wildman–Crippen LogP) is 1.87. The molecule has 14 heavy (non-hydrogen) atoms. The van der Waals surface area contributed by atoms with E-state index in [0.717, 1.165) is 32.7 Å². The number of rotatable bonds is 5. The molecule has 1 aliphatic rings. The molecule has 1 aliphatic heterocycles. The van der Waals surface area contributed by atoms with Crippen molar-refractivity contribution in [3.05, 3.63) is 0 Å². The molecule has 0 aliphatic carbocycles. The summed E-state index contributed by atoms with van der Waals surface area (Å²) in [4.78, 5) is 2.41. The second-order valence-electron chi connectivity index (χ2n) is 4.27. The van der Waals surface area contributed by atoms with Crippen molar-refractivity contribution in [3.8, 4) is 0 Å². The van der Waals surface area contributed by atoms with Crippen LogP contribution >= 0.6 is 0 Å². The van der Waals surface area contributed by atoms with Gasteiger partial charge in [0.2, 0.25) is 0 Å². The summed E-state index contributed by atoms with van der Waals surface area (Å²) < 4.78 is 11.3. The monoisotopic (exact) mass is 201 g/mol. The highest BCUT2D eigenvalue weighted by molar-refractivity contribution is 4.72. The van der Waals surface area contributed by atoms with E-state index in [2.05, 4.69) is 18.7 Å². The molecule has 0 amide bonds. The molecule has 0 saturated carbocycles. The summed E-state index contributed by atoms with van der Waals surface area (Å²) in [5.41, 5.74) is 0. The Morgan fingerprint density at radius 3 is 2.36 bits per heavy atom. The lowest BCUT2D eigenvalue weighted by atomic mass is 10.2. The van der Waals surface area contributed by atoms with Gasteiger partial charge in [-0.3, -0.25) is 0 Å². The molecule has 1 atom stereocenters. The average molecular weight is 201 g/mol. The number of hydrogen-bond donors (Lipinski definition) is 0. The highest BCUT2D eigenvalue weighted by Crippen LogP contribution is 2.23.